The molecule has 0 bridgehead atoms. The van der Waals surface area contributed by atoms with Gasteiger partial charge in [-0.3, -0.25) is 4.79 Å². The maximum absolute atomic E-state index is 14.5. The summed E-state index contributed by atoms with van der Waals surface area (Å²) < 4.78 is 15.2. The van der Waals surface area contributed by atoms with Crippen molar-refractivity contribution in [1.29, 1.82) is 0 Å². The molecule has 1 aliphatic heterocycles. The zero-order valence-corrected chi connectivity index (χ0v) is 18.0. The number of nitrogens with one attached hydrogen (secondary N) is 1. The summed E-state index contributed by atoms with van der Waals surface area (Å²) in [7, 11) is 0. The van der Waals surface area contributed by atoms with Crippen LogP contribution in [0.15, 0.2) is 41.0 Å². The smallest absolute Gasteiger partial charge is 0.257 e. The number of aryl methyl sites for hydroxylation is 1. The van der Waals surface area contributed by atoms with Gasteiger partial charge >= 0.3 is 0 Å². The Kier molecular flexibility index (Phi) is 5.50. The molecule has 0 radical (unpaired) electrons. The Balaban J connectivity index is 1.82. The first-order valence-corrected chi connectivity index (χ1v) is 10.5. The summed E-state index contributed by atoms with van der Waals surface area (Å²) in [6, 6.07) is 8.53. The number of pyridine rings is 2. The molecule has 0 unspecified atom stereocenters. The second kappa shape index (κ2) is 8.06. The van der Waals surface area contributed by atoms with E-state index in [1.807, 2.05) is 24.0 Å². The summed E-state index contributed by atoms with van der Waals surface area (Å²) in [5.74, 6) is -0.0355. The van der Waals surface area contributed by atoms with E-state index in [9.17, 15) is 9.18 Å². The minimum Gasteiger partial charge on any atom is -0.352 e. The van der Waals surface area contributed by atoms with Gasteiger partial charge in [0.25, 0.3) is 5.91 Å². The Labute approximate surface area is 177 Å². The molecule has 1 atom stereocenters. The number of hydrogen-bond acceptors (Lipinski definition) is 4. The quantitative estimate of drug-likeness (QED) is 0.568. The number of likely N-dealkylation sites (tertiary alicyclic amines) is 1. The van der Waals surface area contributed by atoms with Crippen LogP contribution in [-0.2, 0) is 0 Å². The highest BCUT2D eigenvalue weighted by atomic mass is 79.9. The molecule has 2 aromatic heterocycles. The Morgan fingerprint density at radius 2 is 2.14 bits per heavy atom. The first-order chi connectivity index (χ1) is 13.9. The monoisotopic (exact) mass is 456 g/mol. The van der Waals surface area contributed by atoms with Crippen LogP contribution in [0, 0.1) is 18.7 Å². The zero-order valence-electron chi connectivity index (χ0n) is 16.4. The maximum atomic E-state index is 14.5. The van der Waals surface area contributed by atoms with E-state index in [-0.39, 0.29) is 5.91 Å². The normalized spacial score (nSPS) is 16.8. The standard InChI is InChI=1S/C22H22BrFN4O/c1-13-4-3-9-28(12-13)22(29)17-11-25-21-16(7-5-14(2)26-21)20(17)27-19-8-6-15(23)10-18(19)24/h5-8,10-11,13H,3-4,9,12H2,1-2H3,(H,25,26,27)/t13-/m0/s1. The van der Waals surface area contributed by atoms with Crippen molar-refractivity contribution >= 4 is 44.2 Å². The fraction of sp³-hybridized carbons (Fsp3) is 0.318. The Morgan fingerprint density at radius 1 is 1.31 bits per heavy atom. The fourth-order valence-corrected chi connectivity index (χ4v) is 4.07. The molecule has 0 aliphatic carbocycles. The molecule has 0 spiro atoms. The summed E-state index contributed by atoms with van der Waals surface area (Å²) >= 11 is 3.28. The average molecular weight is 457 g/mol. The van der Waals surface area contributed by atoms with E-state index >= 15 is 0 Å². The molecule has 1 amide bonds. The van der Waals surface area contributed by atoms with Gasteiger partial charge in [-0.15, -0.1) is 0 Å². The van der Waals surface area contributed by atoms with Crippen LogP contribution in [0.1, 0.15) is 35.8 Å². The number of carbonyl (C=O) groups is 1. The zero-order chi connectivity index (χ0) is 20.5. The van der Waals surface area contributed by atoms with E-state index in [4.69, 9.17) is 0 Å². The summed E-state index contributed by atoms with van der Waals surface area (Å²) in [6.07, 6.45) is 3.66. The highest BCUT2D eigenvalue weighted by molar-refractivity contribution is 9.10. The molecule has 1 saturated heterocycles. The number of aromatic nitrogens is 2. The Bertz CT molecular complexity index is 1090. The number of anilines is 2. The molecule has 1 aliphatic rings. The molecule has 5 nitrogen and oxygen atoms in total. The first kappa shape index (κ1) is 19.8. The van der Waals surface area contributed by atoms with E-state index in [2.05, 4.69) is 38.1 Å². The van der Waals surface area contributed by atoms with Crippen LogP contribution >= 0.6 is 15.9 Å². The number of amides is 1. The number of hydrogen-bond donors (Lipinski definition) is 1. The summed E-state index contributed by atoms with van der Waals surface area (Å²) in [5, 5.41) is 3.83. The lowest BCUT2D eigenvalue weighted by Crippen LogP contribution is -2.39. The number of benzene rings is 1. The lowest BCUT2D eigenvalue weighted by atomic mass is 9.99. The van der Waals surface area contributed by atoms with E-state index in [0.29, 0.717) is 38.4 Å². The highest BCUT2D eigenvalue weighted by Gasteiger charge is 2.26. The van der Waals surface area contributed by atoms with Crippen LogP contribution in [0.3, 0.4) is 0 Å². The van der Waals surface area contributed by atoms with Gasteiger partial charge in [-0.05, 0) is 56.0 Å². The van der Waals surface area contributed by atoms with Gasteiger partial charge < -0.3 is 10.2 Å². The highest BCUT2D eigenvalue weighted by Crippen LogP contribution is 2.32. The molecule has 7 heteroatoms. The fourth-order valence-electron chi connectivity index (χ4n) is 3.74. The second-order valence-corrected chi connectivity index (χ2v) is 8.53. The van der Waals surface area contributed by atoms with Crippen LogP contribution in [0.25, 0.3) is 11.0 Å². The number of piperidine rings is 1. The van der Waals surface area contributed by atoms with Gasteiger partial charge in [-0.1, -0.05) is 22.9 Å². The molecule has 3 heterocycles. The van der Waals surface area contributed by atoms with Crippen molar-refractivity contribution in [3.8, 4) is 0 Å². The van der Waals surface area contributed by atoms with Gasteiger partial charge in [0.15, 0.2) is 5.65 Å². The number of carbonyl (C=O) groups excluding carboxylic acids is 1. The van der Waals surface area contributed by atoms with Crippen molar-refractivity contribution in [2.45, 2.75) is 26.7 Å². The Morgan fingerprint density at radius 3 is 2.90 bits per heavy atom. The topological polar surface area (TPSA) is 58.1 Å². The number of rotatable bonds is 3. The van der Waals surface area contributed by atoms with Gasteiger partial charge in [0.2, 0.25) is 0 Å². The molecule has 150 valence electrons. The third kappa shape index (κ3) is 4.10. The van der Waals surface area contributed by atoms with Gasteiger partial charge in [-0.25, -0.2) is 14.4 Å². The van der Waals surface area contributed by atoms with Crippen LogP contribution in [0.5, 0.6) is 0 Å². The van der Waals surface area contributed by atoms with Crippen molar-refractivity contribution in [2.75, 3.05) is 18.4 Å². The van der Waals surface area contributed by atoms with Gasteiger partial charge in [0.05, 0.1) is 16.9 Å². The maximum Gasteiger partial charge on any atom is 0.257 e. The van der Waals surface area contributed by atoms with Crippen molar-refractivity contribution < 1.29 is 9.18 Å². The van der Waals surface area contributed by atoms with Crippen molar-refractivity contribution in [3.05, 3.63) is 58.1 Å². The first-order valence-electron chi connectivity index (χ1n) is 9.70. The van der Waals surface area contributed by atoms with E-state index in [1.165, 1.54) is 6.07 Å². The minimum atomic E-state index is -0.408. The van der Waals surface area contributed by atoms with Crippen molar-refractivity contribution in [3.63, 3.8) is 0 Å². The lowest BCUT2D eigenvalue weighted by Gasteiger charge is -2.31. The second-order valence-electron chi connectivity index (χ2n) is 7.62. The van der Waals surface area contributed by atoms with Gasteiger partial charge in [0.1, 0.15) is 5.82 Å². The summed E-state index contributed by atoms with van der Waals surface area (Å²) in [5.41, 5.74) is 2.61. The molecule has 3 aromatic rings. The van der Waals surface area contributed by atoms with Crippen LogP contribution in [-0.4, -0.2) is 33.9 Å². The molecule has 1 fully saturated rings. The molecule has 0 saturated carbocycles. The van der Waals surface area contributed by atoms with Crippen LogP contribution in [0.4, 0.5) is 15.8 Å². The van der Waals surface area contributed by atoms with Crippen LogP contribution in [0.2, 0.25) is 0 Å². The SMILES string of the molecule is Cc1ccc2c(Nc3ccc(Br)cc3F)c(C(=O)N3CCC[C@H](C)C3)cnc2n1. The van der Waals surface area contributed by atoms with Crippen LogP contribution < -0.4 is 5.32 Å². The third-order valence-corrected chi connectivity index (χ3v) is 5.73. The molecule has 29 heavy (non-hydrogen) atoms. The summed E-state index contributed by atoms with van der Waals surface area (Å²) in [6.45, 7) is 5.48. The predicted octanol–water partition coefficient (Wildman–Crippen LogP) is 5.46. The molecular formula is C22H22BrFN4O. The van der Waals surface area contributed by atoms with Gasteiger partial charge in [0, 0.05) is 34.8 Å². The number of nitrogens with zero attached hydrogens (tertiary/aromatic N) is 3. The predicted molar refractivity (Wildman–Crippen MR) is 116 cm³/mol. The Hall–Kier alpha value is -2.54. The molecule has 1 aromatic carbocycles. The van der Waals surface area contributed by atoms with Crippen molar-refractivity contribution in [2.24, 2.45) is 5.92 Å². The minimum absolute atomic E-state index is 0.0912. The van der Waals surface area contributed by atoms with Gasteiger partial charge in [-0.2, -0.15) is 0 Å². The number of fused-ring (bicyclic) bond motifs is 1. The average Bonchev–Trinajstić information content (AvgIpc) is 2.69. The van der Waals surface area contributed by atoms with E-state index in [1.54, 1.807) is 18.3 Å². The molecule has 4 rings (SSSR count). The number of halogens is 2. The van der Waals surface area contributed by atoms with Crippen molar-refractivity contribution in [1.82, 2.24) is 14.9 Å². The van der Waals surface area contributed by atoms with E-state index < -0.39 is 5.82 Å². The third-order valence-electron chi connectivity index (χ3n) is 5.23. The van der Waals surface area contributed by atoms with E-state index in [0.717, 1.165) is 31.6 Å². The molecule has 1 N–H and O–H groups in total. The summed E-state index contributed by atoms with van der Waals surface area (Å²) in [4.78, 5) is 24.1. The lowest BCUT2D eigenvalue weighted by molar-refractivity contribution is 0.0684. The molecular weight excluding hydrogens is 435 g/mol. The largest absolute Gasteiger partial charge is 0.352 e.